The molecule has 19 heavy (non-hydrogen) atoms. The SMILES string of the molecule is COc1cc(CNC(=O)[C@@H]2C[C@H](O)CN2)ccc1C. The van der Waals surface area contributed by atoms with Gasteiger partial charge in [-0.25, -0.2) is 0 Å². The van der Waals surface area contributed by atoms with Crippen molar-refractivity contribution in [3.8, 4) is 5.75 Å². The quantitative estimate of drug-likeness (QED) is 0.733. The van der Waals surface area contributed by atoms with Gasteiger partial charge in [0.2, 0.25) is 5.91 Å². The van der Waals surface area contributed by atoms with Gasteiger partial charge in [-0.1, -0.05) is 12.1 Å². The fourth-order valence-corrected chi connectivity index (χ4v) is 2.20. The Morgan fingerprint density at radius 2 is 2.37 bits per heavy atom. The molecule has 0 spiro atoms. The van der Waals surface area contributed by atoms with Gasteiger partial charge in [0.25, 0.3) is 0 Å². The Balaban J connectivity index is 1.90. The third-order valence-corrected chi connectivity index (χ3v) is 3.36. The molecule has 0 unspecified atom stereocenters. The number of β-amino-alcohol motifs (C(OH)–C–C–N with tert-alkyl or cyclic N) is 1. The number of hydrogen-bond acceptors (Lipinski definition) is 4. The normalized spacial score (nSPS) is 22.3. The Morgan fingerprint density at radius 1 is 1.58 bits per heavy atom. The summed E-state index contributed by atoms with van der Waals surface area (Å²) in [5.74, 6) is 0.747. The van der Waals surface area contributed by atoms with Crippen molar-refractivity contribution >= 4 is 5.91 Å². The van der Waals surface area contributed by atoms with E-state index in [1.165, 1.54) is 0 Å². The Labute approximate surface area is 113 Å². The summed E-state index contributed by atoms with van der Waals surface area (Å²) in [6.07, 6.45) is 0.0542. The average Bonchev–Trinajstić information content (AvgIpc) is 2.84. The van der Waals surface area contributed by atoms with Crippen LogP contribution in [0.15, 0.2) is 18.2 Å². The molecule has 1 aliphatic rings. The Morgan fingerprint density at radius 3 is 3.00 bits per heavy atom. The molecule has 1 aliphatic heterocycles. The molecule has 1 saturated heterocycles. The minimum atomic E-state index is -0.421. The molecule has 5 nitrogen and oxygen atoms in total. The lowest BCUT2D eigenvalue weighted by Crippen LogP contribution is -2.40. The second-order valence-electron chi connectivity index (χ2n) is 4.87. The molecule has 1 aromatic rings. The predicted octanol–water partition coefficient (Wildman–Crippen LogP) is 0.343. The van der Waals surface area contributed by atoms with Crippen molar-refractivity contribution in [1.82, 2.24) is 10.6 Å². The fourth-order valence-electron chi connectivity index (χ4n) is 2.20. The van der Waals surface area contributed by atoms with Crippen molar-refractivity contribution in [1.29, 1.82) is 0 Å². The minimum Gasteiger partial charge on any atom is -0.496 e. The predicted molar refractivity (Wildman–Crippen MR) is 72.0 cm³/mol. The van der Waals surface area contributed by atoms with E-state index in [0.717, 1.165) is 16.9 Å². The van der Waals surface area contributed by atoms with Crippen LogP contribution in [0.4, 0.5) is 0 Å². The number of nitrogens with one attached hydrogen (secondary N) is 2. The first-order chi connectivity index (χ1) is 9.10. The smallest absolute Gasteiger partial charge is 0.237 e. The van der Waals surface area contributed by atoms with Crippen molar-refractivity contribution in [3.63, 3.8) is 0 Å². The Hall–Kier alpha value is -1.59. The summed E-state index contributed by atoms with van der Waals surface area (Å²) in [7, 11) is 1.63. The van der Waals surface area contributed by atoms with Gasteiger partial charge in [-0.15, -0.1) is 0 Å². The molecule has 2 rings (SSSR count). The number of carbonyl (C=O) groups excluding carboxylic acids is 1. The highest BCUT2D eigenvalue weighted by Crippen LogP contribution is 2.18. The zero-order chi connectivity index (χ0) is 13.8. The van der Waals surface area contributed by atoms with Crippen LogP contribution in [-0.2, 0) is 11.3 Å². The molecule has 2 atom stereocenters. The molecule has 3 N–H and O–H groups in total. The number of rotatable bonds is 4. The summed E-state index contributed by atoms with van der Waals surface area (Å²) in [6.45, 7) is 2.92. The summed E-state index contributed by atoms with van der Waals surface area (Å²) in [5.41, 5.74) is 2.06. The number of benzene rings is 1. The fraction of sp³-hybridized carbons (Fsp3) is 0.500. The van der Waals surface area contributed by atoms with Gasteiger partial charge in [0.15, 0.2) is 0 Å². The Kier molecular flexibility index (Phi) is 4.39. The first-order valence-corrected chi connectivity index (χ1v) is 6.43. The summed E-state index contributed by atoms with van der Waals surface area (Å²) in [4.78, 5) is 11.9. The van der Waals surface area contributed by atoms with Crippen molar-refractivity contribution in [3.05, 3.63) is 29.3 Å². The molecule has 1 amide bonds. The van der Waals surface area contributed by atoms with E-state index in [1.807, 2.05) is 25.1 Å². The van der Waals surface area contributed by atoms with Crippen molar-refractivity contribution in [2.24, 2.45) is 0 Å². The molecular weight excluding hydrogens is 244 g/mol. The minimum absolute atomic E-state index is 0.0731. The van der Waals surface area contributed by atoms with Crippen LogP contribution in [0.2, 0.25) is 0 Å². The van der Waals surface area contributed by atoms with Crippen molar-refractivity contribution in [2.75, 3.05) is 13.7 Å². The monoisotopic (exact) mass is 264 g/mol. The summed E-state index contributed by atoms with van der Waals surface area (Å²) in [5, 5.41) is 15.2. The molecule has 1 aromatic carbocycles. The first kappa shape index (κ1) is 13.8. The van der Waals surface area contributed by atoms with E-state index in [1.54, 1.807) is 7.11 Å². The van der Waals surface area contributed by atoms with Crippen molar-refractivity contribution in [2.45, 2.75) is 32.0 Å². The van der Waals surface area contributed by atoms with Gasteiger partial charge < -0.3 is 20.5 Å². The number of hydrogen-bond donors (Lipinski definition) is 3. The number of amides is 1. The molecular formula is C14H20N2O3. The van der Waals surface area contributed by atoms with E-state index in [4.69, 9.17) is 4.74 Å². The van der Waals surface area contributed by atoms with Crippen LogP contribution in [-0.4, -0.2) is 36.8 Å². The largest absolute Gasteiger partial charge is 0.496 e. The van der Waals surface area contributed by atoms with Gasteiger partial charge in [-0.3, -0.25) is 4.79 Å². The van der Waals surface area contributed by atoms with Crippen LogP contribution in [0.1, 0.15) is 17.5 Å². The van der Waals surface area contributed by atoms with Crippen LogP contribution in [0.3, 0.4) is 0 Å². The number of ether oxygens (including phenoxy) is 1. The molecule has 5 heteroatoms. The zero-order valence-electron chi connectivity index (χ0n) is 11.3. The molecule has 104 valence electrons. The summed E-state index contributed by atoms with van der Waals surface area (Å²) in [6, 6.07) is 5.57. The van der Waals surface area contributed by atoms with Crippen LogP contribution < -0.4 is 15.4 Å². The molecule has 0 bridgehead atoms. The second kappa shape index (κ2) is 6.04. The molecule has 0 saturated carbocycles. The highest BCUT2D eigenvalue weighted by atomic mass is 16.5. The maximum atomic E-state index is 11.9. The van der Waals surface area contributed by atoms with Gasteiger partial charge in [-0.2, -0.15) is 0 Å². The first-order valence-electron chi connectivity index (χ1n) is 6.43. The third-order valence-electron chi connectivity index (χ3n) is 3.36. The lowest BCUT2D eigenvalue weighted by Gasteiger charge is -2.12. The van der Waals surface area contributed by atoms with Gasteiger partial charge in [0, 0.05) is 13.1 Å². The van der Waals surface area contributed by atoms with Crippen LogP contribution in [0, 0.1) is 6.92 Å². The molecule has 0 aliphatic carbocycles. The molecule has 0 aromatic heterocycles. The lowest BCUT2D eigenvalue weighted by atomic mass is 10.1. The van der Waals surface area contributed by atoms with Crippen LogP contribution >= 0.6 is 0 Å². The van der Waals surface area contributed by atoms with Crippen LogP contribution in [0.25, 0.3) is 0 Å². The maximum absolute atomic E-state index is 11.9. The number of aryl methyl sites for hydroxylation is 1. The number of methoxy groups -OCH3 is 1. The number of aliphatic hydroxyl groups is 1. The maximum Gasteiger partial charge on any atom is 0.237 e. The van der Waals surface area contributed by atoms with E-state index in [0.29, 0.717) is 19.5 Å². The van der Waals surface area contributed by atoms with Gasteiger partial charge >= 0.3 is 0 Å². The molecule has 1 heterocycles. The van der Waals surface area contributed by atoms with Gasteiger partial charge in [0.05, 0.1) is 19.3 Å². The van der Waals surface area contributed by atoms with E-state index >= 15 is 0 Å². The van der Waals surface area contributed by atoms with E-state index < -0.39 is 6.10 Å². The van der Waals surface area contributed by atoms with Gasteiger partial charge in [-0.05, 0) is 30.5 Å². The molecule has 1 fully saturated rings. The molecule has 0 radical (unpaired) electrons. The van der Waals surface area contributed by atoms with E-state index in [9.17, 15) is 9.90 Å². The Bertz CT molecular complexity index is 462. The summed E-state index contributed by atoms with van der Waals surface area (Å²) < 4.78 is 5.25. The number of aliphatic hydroxyl groups excluding tert-OH is 1. The van der Waals surface area contributed by atoms with E-state index in [2.05, 4.69) is 10.6 Å². The third kappa shape index (κ3) is 3.45. The van der Waals surface area contributed by atoms with Gasteiger partial charge in [0.1, 0.15) is 5.75 Å². The second-order valence-corrected chi connectivity index (χ2v) is 4.87. The highest BCUT2D eigenvalue weighted by Gasteiger charge is 2.27. The highest BCUT2D eigenvalue weighted by molar-refractivity contribution is 5.82. The standard InChI is InChI=1S/C14H20N2O3/c1-9-3-4-10(5-13(9)19-2)7-16-14(18)12-6-11(17)8-15-12/h3-5,11-12,15,17H,6-8H2,1-2H3,(H,16,18)/t11-,12-/m0/s1. The number of carbonyl (C=O) groups is 1. The van der Waals surface area contributed by atoms with Crippen LogP contribution in [0.5, 0.6) is 5.75 Å². The average molecular weight is 264 g/mol. The zero-order valence-corrected chi connectivity index (χ0v) is 11.3. The van der Waals surface area contributed by atoms with Crippen molar-refractivity contribution < 1.29 is 14.6 Å². The van der Waals surface area contributed by atoms with E-state index in [-0.39, 0.29) is 11.9 Å². The summed E-state index contributed by atoms with van der Waals surface area (Å²) >= 11 is 0. The lowest BCUT2D eigenvalue weighted by molar-refractivity contribution is -0.123. The topological polar surface area (TPSA) is 70.6 Å².